The minimum atomic E-state index is -0.0832. The van der Waals surface area contributed by atoms with E-state index in [1.165, 1.54) is 0 Å². The van der Waals surface area contributed by atoms with Gasteiger partial charge < -0.3 is 15.4 Å². The van der Waals surface area contributed by atoms with Crippen molar-refractivity contribution in [2.75, 3.05) is 18.5 Å². The van der Waals surface area contributed by atoms with Crippen LogP contribution in [0.25, 0.3) is 0 Å². The van der Waals surface area contributed by atoms with E-state index in [-0.39, 0.29) is 11.9 Å². The Morgan fingerprint density at radius 1 is 1.47 bits per heavy atom. The normalized spacial score (nSPS) is 22.4. The fourth-order valence-corrected chi connectivity index (χ4v) is 2.38. The maximum atomic E-state index is 12.2. The second-order valence-electron chi connectivity index (χ2n) is 4.98. The van der Waals surface area contributed by atoms with Crippen molar-refractivity contribution in [2.24, 2.45) is 5.92 Å². The summed E-state index contributed by atoms with van der Waals surface area (Å²) in [6.07, 6.45) is 1.05. The maximum absolute atomic E-state index is 12.2. The molecule has 0 radical (unpaired) electrons. The smallest absolute Gasteiger partial charge is 0.241 e. The number of hydrogen-bond acceptors (Lipinski definition) is 3. The van der Waals surface area contributed by atoms with Crippen molar-refractivity contribution in [1.82, 2.24) is 5.32 Å². The Hall–Kier alpha value is -1.39. The number of anilines is 1. The average molecular weight is 262 g/mol. The van der Waals surface area contributed by atoms with Crippen molar-refractivity contribution in [2.45, 2.75) is 32.9 Å². The van der Waals surface area contributed by atoms with Gasteiger partial charge in [0.1, 0.15) is 0 Å². The van der Waals surface area contributed by atoms with Crippen molar-refractivity contribution < 1.29 is 9.53 Å². The lowest BCUT2D eigenvalue weighted by atomic mass is 10.0. The van der Waals surface area contributed by atoms with E-state index in [0.29, 0.717) is 19.1 Å². The fraction of sp³-hybridized carbons (Fsp3) is 0.533. The molecule has 1 aliphatic rings. The van der Waals surface area contributed by atoms with Gasteiger partial charge in [0.15, 0.2) is 0 Å². The van der Waals surface area contributed by atoms with E-state index in [4.69, 9.17) is 4.74 Å². The van der Waals surface area contributed by atoms with Crippen molar-refractivity contribution >= 4 is 11.6 Å². The van der Waals surface area contributed by atoms with Gasteiger partial charge >= 0.3 is 0 Å². The third-order valence-electron chi connectivity index (χ3n) is 3.55. The summed E-state index contributed by atoms with van der Waals surface area (Å²) in [6.45, 7) is 6.19. The van der Waals surface area contributed by atoms with Gasteiger partial charge in [-0.25, -0.2) is 0 Å². The molecule has 1 fully saturated rings. The molecule has 4 heteroatoms. The van der Waals surface area contributed by atoms with Gasteiger partial charge in [0.25, 0.3) is 0 Å². The first-order valence-electron chi connectivity index (χ1n) is 6.92. The van der Waals surface area contributed by atoms with E-state index in [9.17, 15) is 4.79 Å². The molecule has 0 spiro atoms. The van der Waals surface area contributed by atoms with E-state index in [1.54, 1.807) is 0 Å². The van der Waals surface area contributed by atoms with Crippen molar-refractivity contribution in [1.29, 1.82) is 0 Å². The van der Waals surface area contributed by atoms with Gasteiger partial charge in [-0.3, -0.25) is 4.79 Å². The van der Waals surface area contributed by atoms with E-state index in [2.05, 4.69) is 17.6 Å². The van der Waals surface area contributed by atoms with E-state index in [1.807, 2.05) is 31.2 Å². The quantitative estimate of drug-likeness (QED) is 0.855. The van der Waals surface area contributed by atoms with E-state index < -0.39 is 0 Å². The summed E-state index contributed by atoms with van der Waals surface area (Å²) in [7, 11) is 0. The number of hydrogen-bond donors (Lipinski definition) is 2. The molecule has 2 N–H and O–H groups in total. The molecule has 1 aromatic rings. The molecular weight excluding hydrogens is 240 g/mol. The molecule has 0 aromatic heterocycles. The highest BCUT2D eigenvalue weighted by Gasteiger charge is 2.29. The zero-order chi connectivity index (χ0) is 13.7. The Morgan fingerprint density at radius 2 is 2.26 bits per heavy atom. The minimum Gasteiger partial charge on any atom is -0.377 e. The highest BCUT2D eigenvalue weighted by molar-refractivity contribution is 5.95. The number of nitrogens with one attached hydrogen (secondary N) is 2. The van der Waals surface area contributed by atoms with Crippen LogP contribution in [-0.2, 0) is 16.1 Å². The number of carbonyl (C=O) groups is 1. The molecule has 1 amide bonds. The third kappa shape index (κ3) is 3.55. The number of para-hydroxylation sites is 1. The second-order valence-corrected chi connectivity index (χ2v) is 4.98. The number of rotatable bonds is 5. The van der Waals surface area contributed by atoms with Crippen molar-refractivity contribution in [3.05, 3.63) is 29.8 Å². The van der Waals surface area contributed by atoms with Crippen molar-refractivity contribution in [3.8, 4) is 0 Å². The van der Waals surface area contributed by atoms with Gasteiger partial charge in [-0.2, -0.15) is 0 Å². The van der Waals surface area contributed by atoms with Crippen LogP contribution in [0.4, 0.5) is 5.69 Å². The molecule has 2 atom stereocenters. The van der Waals surface area contributed by atoms with Crippen LogP contribution in [0.1, 0.15) is 25.8 Å². The number of carbonyl (C=O) groups excluding carboxylic acids is 1. The number of amides is 1. The molecule has 1 aromatic carbocycles. The van der Waals surface area contributed by atoms with Gasteiger partial charge in [-0.1, -0.05) is 25.1 Å². The SMILES string of the molecule is CCOCc1ccccc1NC(=O)C1NCCC1C. The molecule has 0 aliphatic carbocycles. The van der Waals surface area contributed by atoms with Crippen LogP contribution in [0.5, 0.6) is 0 Å². The summed E-state index contributed by atoms with van der Waals surface area (Å²) in [5, 5.41) is 6.26. The molecule has 2 unspecified atom stereocenters. The second kappa shape index (κ2) is 6.68. The Balaban J connectivity index is 2.03. The molecule has 0 saturated carbocycles. The van der Waals surface area contributed by atoms with E-state index in [0.717, 1.165) is 24.2 Å². The molecule has 1 heterocycles. The van der Waals surface area contributed by atoms with Crippen molar-refractivity contribution in [3.63, 3.8) is 0 Å². The Bertz CT molecular complexity index is 434. The highest BCUT2D eigenvalue weighted by Crippen LogP contribution is 2.19. The summed E-state index contributed by atoms with van der Waals surface area (Å²) >= 11 is 0. The zero-order valence-corrected chi connectivity index (χ0v) is 11.6. The third-order valence-corrected chi connectivity index (χ3v) is 3.55. The number of ether oxygens (including phenoxy) is 1. The summed E-state index contributed by atoms with van der Waals surface area (Å²) in [6, 6.07) is 7.71. The predicted octanol–water partition coefficient (Wildman–Crippen LogP) is 2.16. The number of benzene rings is 1. The summed E-state index contributed by atoms with van der Waals surface area (Å²) < 4.78 is 5.42. The lowest BCUT2D eigenvalue weighted by molar-refractivity contribution is -0.118. The van der Waals surface area contributed by atoms with Gasteiger partial charge in [-0.05, 0) is 31.9 Å². The summed E-state index contributed by atoms with van der Waals surface area (Å²) in [4.78, 5) is 12.2. The van der Waals surface area contributed by atoms with Crippen LogP contribution in [0.2, 0.25) is 0 Å². The Kier molecular flexibility index (Phi) is 4.93. The zero-order valence-electron chi connectivity index (χ0n) is 11.6. The molecular formula is C15H22N2O2. The van der Waals surface area contributed by atoms with E-state index >= 15 is 0 Å². The predicted molar refractivity (Wildman–Crippen MR) is 76.0 cm³/mol. The van der Waals surface area contributed by atoms with Gasteiger partial charge in [0, 0.05) is 17.9 Å². The largest absolute Gasteiger partial charge is 0.377 e. The van der Waals surface area contributed by atoms with Gasteiger partial charge in [0.2, 0.25) is 5.91 Å². The highest BCUT2D eigenvalue weighted by atomic mass is 16.5. The molecule has 1 aliphatic heterocycles. The molecule has 104 valence electrons. The van der Waals surface area contributed by atoms with Crippen LogP contribution in [0.3, 0.4) is 0 Å². The van der Waals surface area contributed by atoms with Crippen LogP contribution in [0, 0.1) is 5.92 Å². The monoisotopic (exact) mass is 262 g/mol. The maximum Gasteiger partial charge on any atom is 0.241 e. The average Bonchev–Trinajstić information content (AvgIpc) is 2.84. The van der Waals surface area contributed by atoms with Crippen LogP contribution in [0.15, 0.2) is 24.3 Å². The standard InChI is InChI=1S/C15H22N2O2/c1-3-19-10-12-6-4-5-7-13(12)17-15(18)14-11(2)8-9-16-14/h4-7,11,14,16H,3,8-10H2,1-2H3,(H,17,18). The molecule has 4 nitrogen and oxygen atoms in total. The lowest BCUT2D eigenvalue weighted by Gasteiger charge is -2.17. The first kappa shape index (κ1) is 14.0. The van der Waals surface area contributed by atoms with Gasteiger partial charge in [0.05, 0.1) is 12.6 Å². The van der Waals surface area contributed by atoms with Crippen LogP contribution in [-0.4, -0.2) is 25.1 Å². The Labute approximate surface area is 114 Å². The minimum absolute atomic E-state index is 0.0500. The van der Waals surface area contributed by atoms with Gasteiger partial charge in [-0.15, -0.1) is 0 Å². The summed E-state index contributed by atoms with van der Waals surface area (Å²) in [5.41, 5.74) is 1.87. The molecule has 1 saturated heterocycles. The topological polar surface area (TPSA) is 50.4 Å². The lowest BCUT2D eigenvalue weighted by Crippen LogP contribution is -2.39. The van der Waals surface area contributed by atoms with Crippen LogP contribution >= 0.6 is 0 Å². The molecule has 0 bridgehead atoms. The first-order valence-corrected chi connectivity index (χ1v) is 6.92. The van der Waals surface area contributed by atoms with Crippen LogP contribution < -0.4 is 10.6 Å². The first-order chi connectivity index (χ1) is 9.22. The Morgan fingerprint density at radius 3 is 2.95 bits per heavy atom. The molecule has 19 heavy (non-hydrogen) atoms. The summed E-state index contributed by atoms with van der Waals surface area (Å²) in [5.74, 6) is 0.438. The molecule has 2 rings (SSSR count). The fourth-order valence-electron chi connectivity index (χ4n) is 2.38.